The highest BCUT2D eigenvalue weighted by Crippen LogP contribution is 2.33. The van der Waals surface area contributed by atoms with E-state index in [1.807, 2.05) is 54.3 Å². The highest BCUT2D eigenvalue weighted by Gasteiger charge is 2.32. The number of pyridine rings is 1. The maximum atomic E-state index is 13.6. The second-order valence-electron chi connectivity index (χ2n) is 8.26. The van der Waals surface area contributed by atoms with Crippen LogP contribution in [0, 0.1) is 6.92 Å². The number of carbonyl (C=O) groups excluding carboxylic acids is 1. The lowest BCUT2D eigenvalue weighted by Crippen LogP contribution is -2.38. The number of carbonyl (C=O) groups is 1. The Morgan fingerprint density at radius 1 is 1.12 bits per heavy atom. The minimum atomic E-state index is -0.204. The lowest BCUT2D eigenvalue weighted by Gasteiger charge is -2.29. The van der Waals surface area contributed by atoms with Crippen molar-refractivity contribution < 1.29 is 9.53 Å². The fourth-order valence-electron chi connectivity index (χ4n) is 4.10. The van der Waals surface area contributed by atoms with Crippen molar-refractivity contribution in [2.24, 2.45) is 0 Å². The molecule has 0 bridgehead atoms. The summed E-state index contributed by atoms with van der Waals surface area (Å²) in [5, 5.41) is 0. The lowest BCUT2D eigenvalue weighted by atomic mass is 10.1. The Kier molecular flexibility index (Phi) is 6.49. The fraction of sp³-hybridized carbons (Fsp3) is 0.280. The van der Waals surface area contributed by atoms with E-state index in [9.17, 15) is 9.59 Å². The zero-order valence-corrected chi connectivity index (χ0v) is 20.4. The number of aromatic nitrogens is 2. The third kappa shape index (κ3) is 4.51. The van der Waals surface area contributed by atoms with Gasteiger partial charge in [-0.25, -0.2) is 4.98 Å². The van der Waals surface area contributed by atoms with E-state index in [0.29, 0.717) is 65.5 Å². The smallest absolute Gasteiger partial charge is 0.267 e. The van der Waals surface area contributed by atoms with Crippen molar-refractivity contribution in [1.82, 2.24) is 14.3 Å². The van der Waals surface area contributed by atoms with Crippen molar-refractivity contribution in [2.45, 2.75) is 13.3 Å². The molecule has 2 aliphatic rings. The molecule has 0 spiro atoms. The fourth-order valence-corrected chi connectivity index (χ4v) is 5.39. The summed E-state index contributed by atoms with van der Waals surface area (Å²) >= 11 is 6.75. The first-order valence-electron chi connectivity index (χ1n) is 11.2. The minimum absolute atomic E-state index is 0.174. The SMILES string of the molecule is Cc1ccc2nc(N3CCOCC3)c(/C=C3\SC(=S)N(CCc4ccccc4)C3=O)c(=O)n2c1. The first-order chi connectivity index (χ1) is 16.5. The van der Waals surface area contributed by atoms with E-state index in [0.717, 1.165) is 11.1 Å². The second kappa shape index (κ2) is 9.69. The highest BCUT2D eigenvalue weighted by atomic mass is 32.2. The van der Waals surface area contributed by atoms with Crippen LogP contribution in [0.2, 0.25) is 0 Å². The molecule has 2 saturated heterocycles. The zero-order chi connectivity index (χ0) is 23.7. The van der Waals surface area contributed by atoms with Crippen molar-refractivity contribution in [2.75, 3.05) is 37.7 Å². The Balaban J connectivity index is 1.52. The van der Waals surface area contributed by atoms with Crippen LogP contribution in [-0.2, 0) is 16.0 Å². The number of nitrogens with zero attached hydrogens (tertiary/aromatic N) is 4. The van der Waals surface area contributed by atoms with E-state index in [4.69, 9.17) is 21.9 Å². The van der Waals surface area contributed by atoms with Crippen molar-refractivity contribution in [1.29, 1.82) is 0 Å². The number of hydrogen-bond acceptors (Lipinski definition) is 7. The molecule has 0 aliphatic carbocycles. The van der Waals surface area contributed by atoms with Crippen molar-refractivity contribution in [3.63, 3.8) is 0 Å². The van der Waals surface area contributed by atoms with Crippen LogP contribution < -0.4 is 10.5 Å². The molecule has 174 valence electrons. The number of morpholine rings is 1. The number of ether oxygens (including phenoxy) is 1. The molecule has 0 unspecified atom stereocenters. The van der Waals surface area contributed by atoms with Gasteiger partial charge >= 0.3 is 0 Å². The summed E-state index contributed by atoms with van der Waals surface area (Å²) in [6, 6.07) is 13.8. The third-order valence-electron chi connectivity index (χ3n) is 5.91. The van der Waals surface area contributed by atoms with Crippen LogP contribution in [0.4, 0.5) is 5.82 Å². The summed E-state index contributed by atoms with van der Waals surface area (Å²) in [7, 11) is 0. The van der Waals surface area contributed by atoms with Gasteiger partial charge in [0.15, 0.2) is 0 Å². The number of hydrogen-bond donors (Lipinski definition) is 0. The average Bonchev–Trinajstić information content (AvgIpc) is 3.13. The number of fused-ring (bicyclic) bond motifs is 1. The Morgan fingerprint density at radius 3 is 2.65 bits per heavy atom. The van der Waals surface area contributed by atoms with Gasteiger partial charge in [-0.15, -0.1) is 0 Å². The predicted molar refractivity (Wildman–Crippen MR) is 139 cm³/mol. The molecule has 5 rings (SSSR count). The van der Waals surface area contributed by atoms with Gasteiger partial charge in [0, 0.05) is 25.8 Å². The standard InChI is InChI=1S/C25H24N4O3S2/c1-17-7-8-21-26-22(27-11-13-32-14-12-27)19(23(30)29(21)16-17)15-20-24(31)28(25(33)34-20)10-9-18-5-3-2-4-6-18/h2-8,15-16H,9-14H2,1H3/b20-15-. The van der Waals surface area contributed by atoms with Crippen LogP contribution in [0.1, 0.15) is 16.7 Å². The van der Waals surface area contributed by atoms with Crippen LogP contribution >= 0.6 is 24.0 Å². The van der Waals surface area contributed by atoms with E-state index in [1.54, 1.807) is 21.6 Å². The quantitative estimate of drug-likeness (QED) is 0.400. The summed E-state index contributed by atoms with van der Waals surface area (Å²) in [5.41, 5.74) is 2.86. The van der Waals surface area contributed by atoms with E-state index in [2.05, 4.69) is 0 Å². The summed E-state index contributed by atoms with van der Waals surface area (Å²) in [4.78, 5) is 35.7. The number of benzene rings is 1. The number of rotatable bonds is 5. The van der Waals surface area contributed by atoms with Crippen molar-refractivity contribution in [3.8, 4) is 0 Å². The summed E-state index contributed by atoms with van der Waals surface area (Å²) in [6.07, 6.45) is 4.14. The monoisotopic (exact) mass is 492 g/mol. The normalized spacial score (nSPS) is 17.9. The average molecular weight is 493 g/mol. The molecule has 34 heavy (non-hydrogen) atoms. The van der Waals surface area contributed by atoms with E-state index in [1.165, 1.54) is 11.8 Å². The zero-order valence-electron chi connectivity index (χ0n) is 18.8. The Bertz CT molecular complexity index is 1350. The molecule has 3 aromatic rings. The molecule has 4 heterocycles. The van der Waals surface area contributed by atoms with E-state index >= 15 is 0 Å². The molecule has 7 nitrogen and oxygen atoms in total. The maximum absolute atomic E-state index is 13.6. The van der Waals surface area contributed by atoms with Gasteiger partial charge in [-0.3, -0.25) is 18.9 Å². The second-order valence-corrected chi connectivity index (χ2v) is 9.93. The molecule has 2 fully saturated rings. The molecule has 2 aliphatic heterocycles. The van der Waals surface area contributed by atoms with E-state index in [-0.39, 0.29) is 11.5 Å². The first kappa shape index (κ1) is 22.8. The van der Waals surface area contributed by atoms with Gasteiger partial charge in [-0.1, -0.05) is 60.4 Å². The number of thiocarbonyl (C=S) groups is 1. The Labute approximate surface area is 207 Å². The van der Waals surface area contributed by atoms with Crippen molar-refractivity contribution >= 4 is 51.7 Å². The van der Waals surface area contributed by atoms with Crippen LogP contribution in [0.15, 0.2) is 58.4 Å². The molecular weight excluding hydrogens is 468 g/mol. The highest BCUT2D eigenvalue weighted by molar-refractivity contribution is 8.26. The minimum Gasteiger partial charge on any atom is -0.378 e. The van der Waals surface area contributed by atoms with Crippen molar-refractivity contribution in [3.05, 3.63) is 80.6 Å². The molecular formula is C25H24N4O3S2. The first-order valence-corrected chi connectivity index (χ1v) is 12.4. The summed E-state index contributed by atoms with van der Waals surface area (Å²) in [5.74, 6) is 0.402. The van der Waals surface area contributed by atoms with Gasteiger partial charge in [0.1, 0.15) is 15.8 Å². The molecule has 0 N–H and O–H groups in total. The van der Waals surface area contributed by atoms with Gasteiger partial charge in [0.05, 0.1) is 23.7 Å². The number of aryl methyl sites for hydroxylation is 1. The molecule has 0 atom stereocenters. The van der Waals surface area contributed by atoms with Crippen LogP contribution in [0.3, 0.4) is 0 Å². The van der Waals surface area contributed by atoms with Gasteiger partial charge in [0.25, 0.3) is 11.5 Å². The van der Waals surface area contributed by atoms with Crippen LogP contribution in [-0.4, -0.2) is 57.4 Å². The summed E-state index contributed by atoms with van der Waals surface area (Å²) < 4.78 is 7.53. The van der Waals surface area contributed by atoms with Crippen LogP contribution in [0.5, 0.6) is 0 Å². The number of thioether (sulfide) groups is 1. The molecule has 1 amide bonds. The van der Waals surface area contributed by atoms with Gasteiger partial charge in [-0.2, -0.15) is 0 Å². The Morgan fingerprint density at radius 2 is 1.88 bits per heavy atom. The van der Waals surface area contributed by atoms with E-state index < -0.39 is 0 Å². The number of anilines is 1. The van der Waals surface area contributed by atoms with Gasteiger partial charge < -0.3 is 9.64 Å². The van der Waals surface area contributed by atoms with Gasteiger partial charge in [-0.05, 0) is 36.6 Å². The Hall–Kier alpha value is -3.01. The molecule has 9 heteroatoms. The third-order valence-corrected chi connectivity index (χ3v) is 7.29. The molecule has 1 aromatic carbocycles. The molecule has 0 saturated carbocycles. The largest absolute Gasteiger partial charge is 0.378 e. The maximum Gasteiger partial charge on any atom is 0.267 e. The topological polar surface area (TPSA) is 67.2 Å². The van der Waals surface area contributed by atoms with Gasteiger partial charge in [0.2, 0.25) is 0 Å². The molecule has 0 radical (unpaired) electrons. The predicted octanol–water partition coefficient (Wildman–Crippen LogP) is 3.28. The lowest BCUT2D eigenvalue weighted by molar-refractivity contribution is -0.122. The molecule has 2 aromatic heterocycles. The van der Waals surface area contributed by atoms with Crippen LogP contribution in [0.25, 0.3) is 11.7 Å². The summed E-state index contributed by atoms with van der Waals surface area (Å²) in [6.45, 7) is 4.82. The number of amides is 1.